The van der Waals surface area contributed by atoms with Gasteiger partial charge in [-0.15, -0.1) is 0 Å². The number of rotatable bonds is 0. The quantitative estimate of drug-likeness (QED) is 0.660. The smallest absolute Gasteiger partial charge is 0.358 e. The fourth-order valence-electron chi connectivity index (χ4n) is 1.49. The second-order valence-electron chi connectivity index (χ2n) is 4.04. The normalized spacial score (nSPS) is 33.1. The van der Waals surface area contributed by atoms with E-state index in [4.69, 9.17) is 5.11 Å². The first-order valence-electron chi connectivity index (χ1n) is 4.07. The molecule has 0 aliphatic carbocycles. The van der Waals surface area contributed by atoms with E-state index in [1.807, 2.05) is 0 Å². The Morgan fingerprint density at radius 3 is 2.21 bits per heavy atom. The van der Waals surface area contributed by atoms with E-state index in [0.29, 0.717) is 0 Å². The lowest BCUT2D eigenvalue weighted by molar-refractivity contribution is -0.394. The van der Waals surface area contributed by atoms with E-state index >= 15 is 0 Å². The van der Waals surface area contributed by atoms with Gasteiger partial charge in [-0.25, -0.2) is 0 Å². The van der Waals surface area contributed by atoms with Crippen LogP contribution in [-0.4, -0.2) is 28.5 Å². The van der Waals surface area contributed by atoms with Crippen molar-refractivity contribution in [3.8, 4) is 0 Å². The molecule has 6 heteroatoms. The molecule has 0 aromatic carbocycles. The number of ether oxygens (including phenoxy) is 1. The van der Waals surface area contributed by atoms with E-state index in [2.05, 4.69) is 4.74 Å². The molecule has 14 heavy (non-hydrogen) atoms. The lowest BCUT2D eigenvalue weighted by Crippen LogP contribution is -2.57. The van der Waals surface area contributed by atoms with Crippen molar-refractivity contribution in [3.05, 3.63) is 0 Å². The molecule has 3 nitrogen and oxygen atoms in total. The summed E-state index contributed by atoms with van der Waals surface area (Å²) in [7, 11) is 0. The molecule has 0 radical (unpaired) electrons. The van der Waals surface area contributed by atoms with Crippen molar-refractivity contribution in [2.24, 2.45) is 0 Å². The number of hydrogen-bond acceptors (Lipinski definition) is 3. The van der Waals surface area contributed by atoms with Gasteiger partial charge in [-0.1, -0.05) is 0 Å². The molecule has 1 aliphatic rings. The first-order valence-corrected chi connectivity index (χ1v) is 4.07. The second kappa shape index (κ2) is 2.93. The van der Waals surface area contributed by atoms with Gasteiger partial charge < -0.3 is 9.84 Å². The number of alkyl halides is 3. The molecule has 1 aliphatic heterocycles. The number of Topliss-reactive ketones (excluding diaryl/α,β-unsaturated/α-hetero) is 1. The van der Waals surface area contributed by atoms with Crippen LogP contribution < -0.4 is 0 Å². The average Bonchev–Trinajstić information content (AvgIpc) is 1.76. The molecule has 1 N–H and O–H groups in total. The van der Waals surface area contributed by atoms with Gasteiger partial charge in [0, 0.05) is 6.42 Å². The highest BCUT2D eigenvalue weighted by Crippen LogP contribution is 2.41. The van der Waals surface area contributed by atoms with E-state index in [-0.39, 0.29) is 6.42 Å². The standard InChI is InChI=1S/C8H11F3O3/c1-6(2)3-5(12)4-7(13,14-6)8(9,10)11/h13H,3-4H2,1-2H3/t7-/m1/s1. The molecule has 0 saturated carbocycles. The predicted molar refractivity (Wildman–Crippen MR) is 40.4 cm³/mol. The monoisotopic (exact) mass is 212 g/mol. The third-order valence-corrected chi connectivity index (χ3v) is 1.95. The number of hydrogen-bond donors (Lipinski definition) is 1. The fraction of sp³-hybridized carbons (Fsp3) is 0.875. The highest BCUT2D eigenvalue weighted by molar-refractivity contribution is 5.81. The number of aliphatic hydroxyl groups is 1. The molecule has 0 aromatic rings. The third-order valence-electron chi connectivity index (χ3n) is 1.95. The Labute approximate surface area is 78.9 Å². The van der Waals surface area contributed by atoms with Crippen LogP contribution in [0.1, 0.15) is 26.7 Å². The molecule has 0 spiro atoms. The van der Waals surface area contributed by atoms with Crippen LogP contribution in [0.5, 0.6) is 0 Å². The lowest BCUT2D eigenvalue weighted by Gasteiger charge is -2.41. The van der Waals surface area contributed by atoms with Gasteiger partial charge in [-0.3, -0.25) is 4.79 Å². The molecule has 82 valence electrons. The summed E-state index contributed by atoms with van der Waals surface area (Å²) in [5.74, 6) is -3.98. The summed E-state index contributed by atoms with van der Waals surface area (Å²) in [5.41, 5.74) is -1.28. The molecule has 1 fully saturated rings. The Morgan fingerprint density at radius 2 is 1.86 bits per heavy atom. The van der Waals surface area contributed by atoms with Gasteiger partial charge in [0.05, 0.1) is 12.0 Å². The minimum atomic E-state index is -4.94. The molecule has 1 saturated heterocycles. The number of halogens is 3. The van der Waals surface area contributed by atoms with Crippen molar-refractivity contribution in [3.63, 3.8) is 0 Å². The number of carbonyl (C=O) groups is 1. The van der Waals surface area contributed by atoms with Crippen LogP contribution in [0.25, 0.3) is 0 Å². The summed E-state index contributed by atoms with van der Waals surface area (Å²) in [6, 6.07) is 0. The molecular weight excluding hydrogens is 201 g/mol. The Bertz CT molecular complexity index is 259. The summed E-state index contributed by atoms with van der Waals surface area (Å²) in [4.78, 5) is 11.0. The van der Waals surface area contributed by atoms with Crippen LogP contribution in [0.2, 0.25) is 0 Å². The van der Waals surface area contributed by atoms with Crippen molar-refractivity contribution in [2.45, 2.75) is 44.3 Å². The van der Waals surface area contributed by atoms with Gasteiger partial charge in [-0.2, -0.15) is 13.2 Å². The van der Waals surface area contributed by atoms with E-state index in [9.17, 15) is 18.0 Å². The molecule has 0 amide bonds. The predicted octanol–water partition coefficient (Wildman–Crippen LogP) is 1.40. The highest BCUT2D eigenvalue weighted by atomic mass is 19.4. The zero-order valence-electron chi connectivity index (χ0n) is 7.81. The molecule has 0 bridgehead atoms. The minimum absolute atomic E-state index is 0.120. The van der Waals surface area contributed by atoms with Crippen LogP contribution >= 0.6 is 0 Å². The highest BCUT2D eigenvalue weighted by Gasteiger charge is 2.60. The average molecular weight is 212 g/mol. The number of ketones is 1. The maximum Gasteiger partial charge on any atom is 0.443 e. The molecule has 1 atom stereocenters. The van der Waals surface area contributed by atoms with Crippen LogP contribution in [0.3, 0.4) is 0 Å². The third kappa shape index (κ3) is 2.06. The maximum atomic E-state index is 12.3. The van der Waals surface area contributed by atoms with Gasteiger partial charge in [-0.05, 0) is 13.8 Å². The number of carbonyl (C=O) groups excluding carboxylic acids is 1. The van der Waals surface area contributed by atoms with Crippen LogP contribution in [0.15, 0.2) is 0 Å². The summed E-state index contributed by atoms with van der Waals surface area (Å²) in [6.45, 7) is 2.67. The Hall–Kier alpha value is -0.620. The Balaban J connectivity index is 2.96. The van der Waals surface area contributed by atoms with Gasteiger partial charge in [0.1, 0.15) is 5.78 Å². The van der Waals surface area contributed by atoms with Crippen molar-refractivity contribution < 1.29 is 27.8 Å². The van der Waals surface area contributed by atoms with E-state index in [1.165, 1.54) is 13.8 Å². The fourth-order valence-corrected chi connectivity index (χ4v) is 1.49. The molecule has 0 unspecified atom stereocenters. The van der Waals surface area contributed by atoms with Gasteiger partial charge in [0.15, 0.2) is 0 Å². The molecular formula is C8H11F3O3. The topological polar surface area (TPSA) is 46.5 Å². The zero-order valence-corrected chi connectivity index (χ0v) is 7.81. The summed E-state index contributed by atoms with van der Waals surface area (Å²) < 4.78 is 41.5. The maximum absolute atomic E-state index is 12.3. The molecule has 1 heterocycles. The van der Waals surface area contributed by atoms with Crippen molar-refractivity contribution in [1.82, 2.24) is 0 Å². The zero-order chi connectivity index (χ0) is 11.2. The summed E-state index contributed by atoms with van der Waals surface area (Å²) >= 11 is 0. The first-order chi connectivity index (χ1) is 6.06. The van der Waals surface area contributed by atoms with Gasteiger partial charge in [0.25, 0.3) is 5.79 Å². The SMILES string of the molecule is CC1(C)CC(=O)C[C@](O)(C(F)(F)F)O1. The van der Waals surface area contributed by atoms with Crippen LogP contribution in [0, 0.1) is 0 Å². The molecule has 1 rings (SSSR count). The van der Waals surface area contributed by atoms with E-state index in [0.717, 1.165) is 0 Å². The van der Waals surface area contributed by atoms with Crippen molar-refractivity contribution >= 4 is 5.78 Å². The second-order valence-corrected chi connectivity index (χ2v) is 4.04. The van der Waals surface area contributed by atoms with Gasteiger partial charge in [0.2, 0.25) is 0 Å². The van der Waals surface area contributed by atoms with Crippen molar-refractivity contribution in [2.75, 3.05) is 0 Å². The van der Waals surface area contributed by atoms with Gasteiger partial charge >= 0.3 is 6.18 Å². The van der Waals surface area contributed by atoms with Crippen LogP contribution in [-0.2, 0) is 9.53 Å². The van der Waals surface area contributed by atoms with E-state index in [1.54, 1.807) is 0 Å². The summed E-state index contributed by atoms with van der Waals surface area (Å²) in [6.07, 6.45) is -6.09. The summed E-state index contributed by atoms with van der Waals surface area (Å²) in [5, 5.41) is 9.15. The van der Waals surface area contributed by atoms with Crippen LogP contribution in [0.4, 0.5) is 13.2 Å². The van der Waals surface area contributed by atoms with E-state index < -0.39 is 29.8 Å². The molecule has 0 aromatic heterocycles. The largest absolute Gasteiger partial charge is 0.443 e. The Morgan fingerprint density at radius 1 is 1.36 bits per heavy atom. The lowest BCUT2D eigenvalue weighted by atomic mass is 9.92. The Kier molecular flexibility index (Phi) is 2.40. The van der Waals surface area contributed by atoms with Crippen molar-refractivity contribution in [1.29, 1.82) is 0 Å². The minimum Gasteiger partial charge on any atom is -0.358 e. The first kappa shape index (κ1) is 11.5.